The zero-order chi connectivity index (χ0) is 7.56. The van der Waals surface area contributed by atoms with Crippen molar-refractivity contribution >= 4 is 18.0 Å². The van der Waals surface area contributed by atoms with Crippen LogP contribution >= 0.6 is 0 Å². The Morgan fingerprint density at radius 3 is 2.70 bits per heavy atom. The minimum absolute atomic E-state index is 0.200. The molecule has 1 N–H and O–H groups in total. The summed E-state index contributed by atoms with van der Waals surface area (Å²) in [7, 11) is 0. The molecule has 52 valence electrons. The van der Waals surface area contributed by atoms with E-state index in [0.717, 1.165) is 6.08 Å². The second-order valence-corrected chi connectivity index (χ2v) is 1.60. The molecular weight excluding hydrogens is 138 g/mol. The van der Waals surface area contributed by atoms with Gasteiger partial charge in [-0.25, -0.2) is 9.59 Å². The van der Waals surface area contributed by atoms with Gasteiger partial charge in [0, 0.05) is 0 Å². The summed E-state index contributed by atoms with van der Waals surface area (Å²) in [4.78, 5) is 30.5. The quantitative estimate of drug-likeness (QED) is 0.282. The molecule has 1 aliphatic rings. The monoisotopic (exact) mass is 141 g/mol. The van der Waals surface area contributed by atoms with E-state index in [2.05, 4.69) is 5.10 Å². The Morgan fingerprint density at radius 2 is 2.30 bits per heavy atom. The lowest BCUT2D eigenvalue weighted by Gasteiger charge is -1.98. The Balaban J connectivity index is 2.72. The van der Waals surface area contributed by atoms with E-state index in [0.29, 0.717) is 5.01 Å². The van der Waals surface area contributed by atoms with Crippen molar-refractivity contribution in [3.05, 3.63) is 0 Å². The Hall–Kier alpha value is -1.68. The molecule has 0 unspecified atom stereocenters. The van der Waals surface area contributed by atoms with Crippen molar-refractivity contribution in [1.82, 2.24) is 10.3 Å². The molecule has 1 heterocycles. The molecule has 1 fully saturated rings. The molecule has 3 amide bonds. The summed E-state index contributed by atoms with van der Waals surface area (Å²) < 4.78 is 0. The predicted octanol–water partition coefficient (Wildman–Crippen LogP) is -1.21. The summed E-state index contributed by atoms with van der Waals surface area (Å²) in [5.41, 5.74) is 0. The van der Waals surface area contributed by atoms with E-state index in [1.165, 1.54) is 0 Å². The molecule has 0 aromatic carbocycles. The number of urea groups is 1. The van der Waals surface area contributed by atoms with Gasteiger partial charge in [0.05, 0.1) is 0 Å². The number of hydrazone groups is 1. The largest absolute Gasteiger partial charge is 0.345 e. The second kappa shape index (κ2) is 2.28. The molecule has 0 saturated carbocycles. The van der Waals surface area contributed by atoms with Crippen LogP contribution in [0.1, 0.15) is 0 Å². The number of rotatable bonds is 1. The van der Waals surface area contributed by atoms with E-state index >= 15 is 0 Å². The van der Waals surface area contributed by atoms with Crippen LogP contribution in [-0.4, -0.2) is 29.6 Å². The van der Waals surface area contributed by atoms with Gasteiger partial charge in [-0.1, -0.05) is 5.10 Å². The van der Waals surface area contributed by atoms with Gasteiger partial charge in [0.1, 0.15) is 6.54 Å². The van der Waals surface area contributed by atoms with Crippen molar-refractivity contribution in [1.29, 1.82) is 0 Å². The smallest absolute Gasteiger partial charge is 0.275 e. The molecule has 0 spiro atoms. The topological polar surface area (TPSA) is 78.8 Å². The first kappa shape index (κ1) is 6.44. The second-order valence-electron chi connectivity index (χ2n) is 1.60. The molecule has 0 aromatic rings. The summed E-state index contributed by atoms with van der Waals surface area (Å²) in [5, 5.41) is 5.58. The number of imide groups is 1. The minimum atomic E-state index is -0.687. The third-order valence-corrected chi connectivity index (χ3v) is 0.936. The highest BCUT2D eigenvalue weighted by Crippen LogP contribution is 1.95. The van der Waals surface area contributed by atoms with E-state index in [9.17, 15) is 14.4 Å². The van der Waals surface area contributed by atoms with E-state index in [-0.39, 0.29) is 6.54 Å². The standard InChI is InChI=1S/C4H3N3O3/c8-2-5-7-1-3(9)6-4(7)10/h1H2,(H,6,9,10). The molecule has 0 aromatic heterocycles. The van der Waals surface area contributed by atoms with Crippen LogP contribution in [-0.2, 0) is 9.59 Å². The molecule has 10 heavy (non-hydrogen) atoms. The van der Waals surface area contributed by atoms with Gasteiger partial charge in [-0.05, 0) is 0 Å². The van der Waals surface area contributed by atoms with Gasteiger partial charge >= 0.3 is 6.03 Å². The highest BCUT2D eigenvalue weighted by molar-refractivity contribution is 6.01. The van der Waals surface area contributed by atoms with Crippen LogP contribution in [0.15, 0.2) is 5.10 Å². The fourth-order valence-corrected chi connectivity index (χ4v) is 0.561. The van der Waals surface area contributed by atoms with Crippen molar-refractivity contribution in [2.75, 3.05) is 6.54 Å². The average molecular weight is 141 g/mol. The molecular formula is C4H3N3O3. The van der Waals surface area contributed by atoms with Crippen LogP contribution in [0, 0.1) is 0 Å². The van der Waals surface area contributed by atoms with Gasteiger partial charge in [-0.2, -0.15) is 5.01 Å². The van der Waals surface area contributed by atoms with Gasteiger partial charge in [0.25, 0.3) is 6.08 Å². The van der Waals surface area contributed by atoms with Gasteiger partial charge in [-0.3, -0.25) is 10.1 Å². The first-order valence-electron chi connectivity index (χ1n) is 2.43. The molecule has 0 atom stereocenters. The number of nitrogens with one attached hydrogen (secondary N) is 1. The third-order valence-electron chi connectivity index (χ3n) is 0.936. The van der Waals surface area contributed by atoms with Crippen molar-refractivity contribution in [2.45, 2.75) is 0 Å². The first-order valence-corrected chi connectivity index (χ1v) is 2.43. The minimum Gasteiger partial charge on any atom is -0.275 e. The lowest BCUT2D eigenvalue weighted by atomic mass is 10.6. The maximum absolute atomic E-state index is 10.5. The van der Waals surface area contributed by atoms with Crippen LogP contribution in [0.5, 0.6) is 0 Å². The highest BCUT2D eigenvalue weighted by Gasteiger charge is 2.26. The van der Waals surface area contributed by atoms with Crippen LogP contribution in [0.25, 0.3) is 0 Å². The zero-order valence-electron chi connectivity index (χ0n) is 4.83. The summed E-state index contributed by atoms with van der Waals surface area (Å²) in [5.74, 6) is -0.469. The van der Waals surface area contributed by atoms with Crippen molar-refractivity contribution in [2.24, 2.45) is 5.10 Å². The summed E-state index contributed by atoms with van der Waals surface area (Å²) in [6.07, 6.45) is 1.15. The molecule has 0 radical (unpaired) electrons. The summed E-state index contributed by atoms with van der Waals surface area (Å²) in [6, 6.07) is -0.687. The van der Waals surface area contributed by atoms with Gasteiger partial charge in [-0.15, -0.1) is 0 Å². The van der Waals surface area contributed by atoms with Gasteiger partial charge < -0.3 is 0 Å². The van der Waals surface area contributed by atoms with E-state index in [4.69, 9.17) is 0 Å². The zero-order valence-corrected chi connectivity index (χ0v) is 4.83. The normalized spacial score (nSPS) is 16.6. The number of nitrogens with zero attached hydrogens (tertiary/aromatic N) is 2. The first-order chi connectivity index (χ1) is 4.74. The molecule has 0 aliphatic carbocycles. The number of hydrogen-bond donors (Lipinski definition) is 1. The summed E-state index contributed by atoms with van der Waals surface area (Å²) in [6.45, 7) is -0.200. The predicted molar refractivity (Wildman–Crippen MR) is 28.4 cm³/mol. The average Bonchev–Trinajstić information content (AvgIpc) is 2.13. The number of hydrogen-bond acceptors (Lipinski definition) is 4. The Labute approximate surface area is 55.5 Å². The molecule has 1 aliphatic heterocycles. The van der Waals surface area contributed by atoms with Crippen LogP contribution in [0.4, 0.5) is 4.79 Å². The van der Waals surface area contributed by atoms with Crippen LogP contribution in [0.2, 0.25) is 0 Å². The number of isocyanates is 1. The van der Waals surface area contributed by atoms with E-state index in [1.807, 2.05) is 5.32 Å². The third kappa shape index (κ3) is 1.01. The molecule has 6 heteroatoms. The van der Waals surface area contributed by atoms with Gasteiger partial charge in [0.2, 0.25) is 5.91 Å². The van der Waals surface area contributed by atoms with E-state index < -0.39 is 11.9 Å². The Bertz CT molecular complexity index is 230. The molecule has 6 nitrogen and oxygen atoms in total. The maximum Gasteiger partial charge on any atom is 0.345 e. The fourth-order valence-electron chi connectivity index (χ4n) is 0.561. The Kier molecular flexibility index (Phi) is 1.47. The highest BCUT2D eigenvalue weighted by atomic mass is 16.2. The van der Waals surface area contributed by atoms with E-state index in [1.54, 1.807) is 0 Å². The maximum atomic E-state index is 10.5. The van der Waals surface area contributed by atoms with Crippen molar-refractivity contribution < 1.29 is 14.4 Å². The molecule has 1 rings (SSSR count). The lowest BCUT2D eigenvalue weighted by Crippen LogP contribution is -2.23. The van der Waals surface area contributed by atoms with Crippen molar-refractivity contribution in [3.63, 3.8) is 0 Å². The Morgan fingerprint density at radius 1 is 1.60 bits per heavy atom. The van der Waals surface area contributed by atoms with Crippen molar-refractivity contribution in [3.8, 4) is 0 Å². The fraction of sp³-hybridized carbons (Fsp3) is 0.250. The van der Waals surface area contributed by atoms with Crippen LogP contribution < -0.4 is 5.32 Å². The molecule has 0 bridgehead atoms. The summed E-state index contributed by atoms with van der Waals surface area (Å²) >= 11 is 0. The lowest BCUT2D eigenvalue weighted by molar-refractivity contribution is -0.118. The van der Waals surface area contributed by atoms with Crippen LogP contribution in [0.3, 0.4) is 0 Å². The number of amides is 3. The number of carbonyl (C=O) groups is 2. The SMILES string of the molecule is O=C=NN1CC(=O)NC1=O. The number of carbonyl (C=O) groups excluding carboxylic acids is 3. The van der Waals surface area contributed by atoms with Gasteiger partial charge in [0.15, 0.2) is 0 Å². The molecule has 1 saturated heterocycles.